The minimum absolute atomic E-state index is 0.00143. The van der Waals surface area contributed by atoms with E-state index in [0.29, 0.717) is 13.0 Å². The molecule has 0 aliphatic carbocycles. The van der Waals surface area contributed by atoms with Crippen molar-refractivity contribution in [3.8, 4) is 0 Å². The molecule has 1 heterocycles. The third-order valence-corrected chi connectivity index (χ3v) is 5.22. The molecule has 0 aliphatic rings. The summed E-state index contributed by atoms with van der Waals surface area (Å²) in [5, 5.41) is 3.04. The van der Waals surface area contributed by atoms with Crippen molar-refractivity contribution in [1.82, 2.24) is 14.9 Å². The average molecular weight is 383 g/mol. The summed E-state index contributed by atoms with van der Waals surface area (Å²) in [4.78, 5) is 17.2. The Kier molecular flexibility index (Phi) is 5.43. The highest BCUT2D eigenvalue weighted by Crippen LogP contribution is 2.20. The van der Waals surface area contributed by atoms with Crippen molar-refractivity contribution >= 4 is 16.9 Å². The maximum Gasteiger partial charge on any atom is 0.224 e. The van der Waals surface area contributed by atoms with Gasteiger partial charge >= 0.3 is 0 Å². The van der Waals surface area contributed by atoms with E-state index in [1.807, 2.05) is 48.5 Å². The highest BCUT2D eigenvalue weighted by atomic mass is 16.1. The lowest BCUT2D eigenvalue weighted by Crippen LogP contribution is -2.26. The summed E-state index contributed by atoms with van der Waals surface area (Å²) >= 11 is 0. The van der Waals surface area contributed by atoms with Gasteiger partial charge in [-0.3, -0.25) is 4.79 Å². The molecule has 4 aromatic rings. The van der Waals surface area contributed by atoms with Crippen LogP contribution in [0.3, 0.4) is 0 Å². The first kappa shape index (κ1) is 18.9. The minimum atomic E-state index is 0.00143. The number of nitrogens with zero attached hydrogens (tertiary/aromatic N) is 2. The number of carbonyl (C=O) groups is 1. The molecule has 29 heavy (non-hydrogen) atoms. The minimum Gasteiger partial charge on any atom is -0.349 e. The van der Waals surface area contributed by atoms with Gasteiger partial charge in [-0.15, -0.1) is 0 Å². The molecule has 0 atom stereocenters. The molecule has 4 rings (SSSR count). The molecule has 0 aliphatic heterocycles. The maximum atomic E-state index is 12.4. The van der Waals surface area contributed by atoms with Gasteiger partial charge in [0.1, 0.15) is 5.82 Å². The quantitative estimate of drug-likeness (QED) is 0.531. The normalized spacial score (nSPS) is 11.0. The molecule has 3 aromatic carbocycles. The first-order chi connectivity index (χ1) is 14.1. The lowest BCUT2D eigenvalue weighted by atomic mass is 10.1. The van der Waals surface area contributed by atoms with Crippen LogP contribution in [-0.4, -0.2) is 15.5 Å². The van der Waals surface area contributed by atoms with Crippen LogP contribution in [-0.2, 0) is 24.3 Å². The highest BCUT2D eigenvalue weighted by Gasteiger charge is 2.13. The molecule has 4 heteroatoms. The average Bonchev–Trinajstić information content (AvgIpc) is 3.07. The van der Waals surface area contributed by atoms with Gasteiger partial charge in [-0.25, -0.2) is 4.98 Å². The fraction of sp³-hybridized carbons (Fsp3) is 0.200. The Morgan fingerprint density at radius 3 is 2.55 bits per heavy atom. The predicted molar refractivity (Wildman–Crippen MR) is 117 cm³/mol. The van der Waals surface area contributed by atoms with E-state index < -0.39 is 0 Å². The number of hydrogen-bond acceptors (Lipinski definition) is 2. The number of imidazole rings is 1. The summed E-state index contributed by atoms with van der Waals surface area (Å²) in [5.74, 6) is 0.870. The summed E-state index contributed by atoms with van der Waals surface area (Å²) in [6, 6.07) is 24.4. The number of amides is 1. The molecule has 1 aromatic heterocycles. The zero-order chi connectivity index (χ0) is 20.2. The number of benzene rings is 3. The maximum absolute atomic E-state index is 12.4. The lowest BCUT2D eigenvalue weighted by molar-refractivity contribution is -0.120. The predicted octanol–water partition coefficient (Wildman–Crippen LogP) is 4.56. The van der Waals surface area contributed by atoms with Crippen LogP contribution < -0.4 is 5.32 Å². The summed E-state index contributed by atoms with van der Waals surface area (Å²) in [6.45, 7) is 5.39. The van der Waals surface area contributed by atoms with Crippen LogP contribution in [0.15, 0.2) is 72.8 Å². The summed E-state index contributed by atoms with van der Waals surface area (Å²) in [6.07, 6.45) is 0.373. The van der Waals surface area contributed by atoms with Gasteiger partial charge in [0, 0.05) is 6.54 Å². The molecule has 0 unspecified atom stereocenters. The van der Waals surface area contributed by atoms with Crippen LogP contribution in [0.4, 0.5) is 0 Å². The van der Waals surface area contributed by atoms with Crippen molar-refractivity contribution in [2.75, 3.05) is 0 Å². The topological polar surface area (TPSA) is 46.9 Å². The van der Waals surface area contributed by atoms with Gasteiger partial charge in [0.25, 0.3) is 0 Å². The smallest absolute Gasteiger partial charge is 0.224 e. The Bertz CT molecular complexity index is 1150. The van der Waals surface area contributed by atoms with Gasteiger partial charge in [-0.2, -0.15) is 0 Å². The summed E-state index contributed by atoms with van der Waals surface area (Å²) in [7, 11) is 0. The first-order valence-electron chi connectivity index (χ1n) is 9.91. The zero-order valence-corrected chi connectivity index (χ0v) is 16.9. The van der Waals surface area contributed by atoms with E-state index in [0.717, 1.165) is 29.0 Å². The van der Waals surface area contributed by atoms with E-state index in [2.05, 4.69) is 48.0 Å². The number of nitrogens with one attached hydrogen (secondary N) is 1. The number of aromatic nitrogens is 2. The molecule has 1 N–H and O–H groups in total. The summed E-state index contributed by atoms with van der Waals surface area (Å²) in [5.41, 5.74) is 6.81. The number of para-hydroxylation sites is 2. The molecular weight excluding hydrogens is 358 g/mol. The third kappa shape index (κ3) is 4.37. The van der Waals surface area contributed by atoms with Crippen molar-refractivity contribution in [1.29, 1.82) is 0 Å². The Balaban J connectivity index is 1.58. The molecule has 0 bridgehead atoms. The van der Waals surface area contributed by atoms with Crippen molar-refractivity contribution in [3.05, 3.63) is 101 Å². The van der Waals surface area contributed by atoms with E-state index in [1.54, 1.807) is 0 Å². The summed E-state index contributed by atoms with van der Waals surface area (Å²) < 4.78 is 2.21. The van der Waals surface area contributed by atoms with Gasteiger partial charge in [-0.05, 0) is 42.7 Å². The van der Waals surface area contributed by atoms with Crippen LogP contribution in [0.1, 0.15) is 28.1 Å². The monoisotopic (exact) mass is 383 g/mol. The standard InChI is InChI=1S/C25H25N3O/c1-18-12-13-19(2)21(14-18)17-28-23-11-7-6-10-22(23)27-24(28)16-26-25(29)15-20-8-4-3-5-9-20/h3-14H,15-17H2,1-2H3,(H,26,29). The molecule has 1 amide bonds. The fourth-order valence-corrected chi connectivity index (χ4v) is 3.60. The van der Waals surface area contributed by atoms with Crippen LogP contribution >= 0.6 is 0 Å². The second-order valence-electron chi connectivity index (χ2n) is 7.47. The van der Waals surface area contributed by atoms with Gasteiger partial charge in [0.05, 0.1) is 24.0 Å². The van der Waals surface area contributed by atoms with Gasteiger partial charge in [-0.1, -0.05) is 66.2 Å². The number of rotatable bonds is 6. The lowest BCUT2D eigenvalue weighted by Gasteiger charge is -2.13. The number of fused-ring (bicyclic) bond motifs is 1. The Labute approximate surface area is 171 Å². The third-order valence-electron chi connectivity index (χ3n) is 5.22. The molecule has 146 valence electrons. The Morgan fingerprint density at radius 2 is 1.72 bits per heavy atom. The first-order valence-corrected chi connectivity index (χ1v) is 9.91. The molecule has 0 saturated heterocycles. The van der Waals surface area contributed by atoms with E-state index >= 15 is 0 Å². The van der Waals surface area contributed by atoms with E-state index in [-0.39, 0.29) is 5.91 Å². The van der Waals surface area contributed by atoms with Crippen molar-refractivity contribution < 1.29 is 4.79 Å². The van der Waals surface area contributed by atoms with Crippen LogP contribution in [0.2, 0.25) is 0 Å². The zero-order valence-electron chi connectivity index (χ0n) is 16.9. The molecule has 0 saturated carbocycles. The molecule has 0 fully saturated rings. The number of aryl methyl sites for hydroxylation is 2. The van der Waals surface area contributed by atoms with Gasteiger partial charge < -0.3 is 9.88 Å². The van der Waals surface area contributed by atoms with Crippen molar-refractivity contribution in [2.45, 2.75) is 33.4 Å². The van der Waals surface area contributed by atoms with Crippen molar-refractivity contribution in [2.24, 2.45) is 0 Å². The van der Waals surface area contributed by atoms with E-state index in [1.165, 1.54) is 16.7 Å². The second-order valence-corrected chi connectivity index (χ2v) is 7.47. The fourth-order valence-electron chi connectivity index (χ4n) is 3.60. The number of carbonyl (C=O) groups excluding carboxylic acids is 1. The van der Waals surface area contributed by atoms with E-state index in [4.69, 9.17) is 4.98 Å². The van der Waals surface area contributed by atoms with Crippen molar-refractivity contribution in [3.63, 3.8) is 0 Å². The molecular formula is C25H25N3O. The molecule has 0 spiro atoms. The Morgan fingerprint density at radius 1 is 0.966 bits per heavy atom. The van der Waals surface area contributed by atoms with Gasteiger partial charge in [0.15, 0.2) is 0 Å². The van der Waals surface area contributed by atoms with E-state index in [9.17, 15) is 4.79 Å². The second kappa shape index (κ2) is 8.31. The van der Waals surface area contributed by atoms with Crippen LogP contribution in [0.5, 0.6) is 0 Å². The Hall–Kier alpha value is -3.40. The largest absolute Gasteiger partial charge is 0.349 e. The van der Waals surface area contributed by atoms with Crippen LogP contribution in [0, 0.1) is 13.8 Å². The highest BCUT2D eigenvalue weighted by molar-refractivity contribution is 5.79. The van der Waals surface area contributed by atoms with Gasteiger partial charge in [0.2, 0.25) is 5.91 Å². The molecule has 0 radical (unpaired) electrons. The molecule has 4 nitrogen and oxygen atoms in total. The SMILES string of the molecule is Cc1ccc(C)c(Cn2c(CNC(=O)Cc3ccccc3)nc3ccccc32)c1. The number of hydrogen-bond donors (Lipinski definition) is 1. The van der Waals surface area contributed by atoms with Crippen LogP contribution in [0.25, 0.3) is 11.0 Å².